The van der Waals surface area contributed by atoms with E-state index in [0.29, 0.717) is 36.6 Å². The molecular formula is C14H18ClNO4S. The van der Waals surface area contributed by atoms with E-state index in [-0.39, 0.29) is 4.90 Å². The maximum Gasteiger partial charge on any atom is 0.324 e. The fourth-order valence-corrected chi connectivity index (χ4v) is 4.28. The molecule has 0 atom stereocenters. The Morgan fingerprint density at radius 2 is 2.00 bits per heavy atom. The van der Waals surface area contributed by atoms with Crippen LogP contribution in [0.25, 0.3) is 0 Å². The molecule has 0 bridgehead atoms. The molecule has 2 rings (SSSR count). The molecule has 0 aliphatic heterocycles. The van der Waals surface area contributed by atoms with Gasteiger partial charge in [-0.15, -0.1) is 0 Å². The second-order valence-electron chi connectivity index (χ2n) is 5.63. The standard InChI is InChI=1S/C14H18ClNO4S/c1-10-5-7-14(8-6-10,13(17)18)16-21(19,20)12-4-2-3-11(15)9-12/h2-4,9-10,16H,5-8H2,1H3,(H,17,18). The first-order chi connectivity index (χ1) is 9.75. The topological polar surface area (TPSA) is 83.5 Å². The van der Waals surface area contributed by atoms with Crippen LogP contribution in [-0.4, -0.2) is 25.0 Å². The SMILES string of the molecule is CC1CCC(NS(=O)(=O)c2cccc(Cl)c2)(C(=O)O)CC1. The van der Waals surface area contributed by atoms with Crippen LogP contribution in [0.15, 0.2) is 29.2 Å². The highest BCUT2D eigenvalue weighted by Gasteiger charge is 2.44. The van der Waals surface area contributed by atoms with Gasteiger partial charge in [-0.05, 0) is 49.8 Å². The van der Waals surface area contributed by atoms with E-state index >= 15 is 0 Å². The van der Waals surface area contributed by atoms with Crippen molar-refractivity contribution in [2.24, 2.45) is 5.92 Å². The smallest absolute Gasteiger partial charge is 0.324 e. The van der Waals surface area contributed by atoms with Gasteiger partial charge in [-0.2, -0.15) is 4.72 Å². The molecule has 21 heavy (non-hydrogen) atoms. The highest BCUT2D eigenvalue weighted by molar-refractivity contribution is 7.89. The van der Waals surface area contributed by atoms with Crippen LogP contribution < -0.4 is 4.72 Å². The molecule has 0 aromatic heterocycles. The van der Waals surface area contributed by atoms with Crippen LogP contribution in [0.1, 0.15) is 32.6 Å². The summed E-state index contributed by atoms with van der Waals surface area (Å²) in [5.41, 5.74) is -1.42. The normalized spacial score (nSPS) is 26.5. The molecule has 1 aromatic rings. The van der Waals surface area contributed by atoms with Crippen LogP contribution in [0.2, 0.25) is 5.02 Å². The van der Waals surface area contributed by atoms with Gasteiger partial charge >= 0.3 is 5.97 Å². The lowest BCUT2D eigenvalue weighted by Gasteiger charge is -2.36. The van der Waals surface area contributed by atoms with E-state index in [0.717, 1.165) is 0 Å². The van der Waals surface area contributed by atoms with E-state index in [1.54, 1.807) is 6.07 Å². The van der Waals surface area contributed by atoms with E-state index in [1.807, 2.05) is 6.92 Å². The molecule has 7 heteroatoms. The second kappa shape index (κ2) is 5.94. The second-order valence-corrected chi connectivity index (χ2v) is 7.75. The van der Waals surface area contributed by atoms with Crippen molar-refractivity contribution < 1.29 is 18.3 Å². The monoisotopic (exact) mass is 331 g/mol. The van der Waals surface area contributed by atoms with Crippen LogP contribution in [0, 0.1) is 5.92 Å². The number of carboxylic acids is 1. The average Bonchev–Trinajstić information content (AvgIpc) is 2.41. The van der Waals surface area contributed by atoms with Crippen molar-refractivity contribution >= 4 is 27.6 Å². The maximum atomic E-state index is 12.4. The molecule has 0 heterocycles. The number of benzene rings is 1. The summed E-state index contributed by atoms with van der Waals surface area (Å²) < 4.78 is 27.2. The van der Waals surface area contributed by atoms with Crippen LogP contribution in [0.3, 0.4) is 0 Å². The van der Waals surface area contributed by atoms with Gasteiger partial charge in [0.25, 0.3) is 0 Å². The number of nitrogens with one attached hydrogen (secondary N) is 1. The number of carboxylic acid groups (broad SMARTS) is 1. The van der Waals surface area contributed by atoms with Gasteiger partial charge < -0.3 is 5.11 Å². The van der Waals surface area contributed by atoms with Crippen LogP contribution in [0.4, 0.5) is 0 Å². The van der Waals surface area contributed by atoms with Crippen LogP contribution in [-0.2, 0) is 14.8 Å². The van der Waals surface area contributed by atoms with Crippen molar-refractivity contribution in [1.82, 2.24) is 4.72 Å². The summed E-state index contributed by atoms with van der Waals surface area (Å²) in [4.78, 5) is 11.6. The Morgan fingerprint density at radius 3 is 2.52 bits per heavy atom. The fraction of sp³-hybridized carbons (Fsp3) is 0.500. The predicted molar refractivity (Wildman–Crippen MR) is 79.8 cm³/mol. The van der Waals surface area contributed by atoms with Gasteiger partial charge in [0.2, 0.25) is 10.0 Å². The van der Waals surface area contributed by atoms with Gasteiger partial charge in [-0.1, -0.05) is 24.6 Å². The van der Waals surface area contributed by atoms with Crippen molar-refractivity contribution in [3.05, 3.63) is 29.3 Å². The zero-order chi connectivity index (χ0) is 15.7. The highest BCUT2D eigenvalue weighted by Crippen LogP contribution is 2.33. The summed E-state index contributed by atoms with van der Waals surface area (Å²) in [6, 6.07) is 5.79. The summed E-state index contributed by atoms with van der Waals surface area (Å²) >= 11 is 5.80. The first-order valence-electron chi connectivity index (χ1n) is 6.78. The van der Waals surface area contributed by atoms with Crippen LogP contribution >= 0.6 is 11.6 Å². The number of rotatable bonds is 4. The number of hydrogen-bond acceptors (Lipinski definition) is 3. The van der Waals surface area contributed by atoms with Gasteiger partial charge in [0.15, 0.2) is 0 Å². The lowest BCUT2D eigenvalue weighted by atomic mass is 9.78. The van der Waals surface area contributed by atoms with Gasteiger partial charge in [0, 0.05) is 5.02 Å². The largest absolute Gasteiger partial charge is 0.480 e. The van der Waals surface area contributed by atoms with Crippen molar-refractivity contribution in [3.8, 4) is 0 Å². The van der Waals surface area contributed by atoms with Crippen molar-refractivity contribution in [2.45, 2.75) is 43.0 Å². The minimum Gasteiger partial charge on any atom is -0.480 e. The Bertz CT molecular complexity index is 636. The summed E-state index contributed by atoms with van der Waals surface area (Å²) in [6.45, 7) is 2.04. The molecule has 0 amide bonds. The number of carbonyl (C=O) groups is 1. The van der Waals surface area contributed by atoms with E-state index in [4.69, 9.17) is 11.6 Å². The molecule has 2 N–H and O–H groups in total. The van der Waals surface area contributed by atoms with Crippen molar-refractivity contribution in [3.63, 3.8) is 0 Å². The Balaban J connectivity index is 2.30. The third-order valence-electron chi connectivity index (χ3n) is 3.97. The van der Waals surface area contributed by atoms with E-state index in [2.05, 4.69) is 4.72 Å². The fourth-order valence-electron chi connectivity index (χ4n) is 2.56. The number of aliphatic carboxylic acids is 1. The zero-order valence-electron chi connectivity index (χ0n) is 11.7. The molecule has 1 saturated carbocycles. The summed E-state index contributed by atoms with van der Waals surface area (Å²) in [5, 5.41) is 9.78. The summed E-state index contributed by atoms with van der Waals surface area (Å²) in [5.74, 6) is -0.715. The maximum absolute atomic E-state index is 12.4. The minimum atomic E-state index is -3.92. The number of sulfonamides is 1. The predicted octanol–water partition coefficient (Wildman–Crippen LogP) is 2.65. The molecule has 0 unspecified atom stereocenters. The Morgan fingerprint density at radius 1 is 1.38 bits per heavy atom. The summed E-state index contributed by atoms with van der Waals surface area (Å²) in [7, 11) is -3.92. The van der Waals surface area contributed by atoms with Gasteiger partial charge in [-0.25, -0.2) is 8.42 Å². The Kier molecular flexibility index (Phi) is 4.60. The minimum absolute atomic E-state index is 0.0192. The van der Waals surface area contributed by atoms with Gasteiger partial charge in [0.1, 0.15) is 5.54 Å². The molecule has 0 saturated heterocycles. The Hall–Kier alpha value is -1.11. The van der Waals surface area contributed by atoms with Gasteiger partial charge in [0.05, 0.1) is 4.90 Å². The van der Waals surface area contributed by atoms with E-state index in [1.165, 1.54) is 18.2 Å². The molecule has 0 spiro atoms. The molecule has 1 fully saturated rings. The van der Waals surface area contributed by atoms with Crippen LogP contribution in [0.5, 0.6) is 0 Å². The van der Waals surface area contributed by atoms with E-state index < -0.39 is 21.5 Å². The molecule has 0 radical (unpaired) electrons. The third-order valence-corrected chi connectivity index (χ3v) is 5.74. The molecule has 1 aromatic carbocycles. The highest BCUT2D eigenvalue weighted by atomic mass is 35.5. The molecular weight excluding hydrogens is 314 g/mol. The number of halogens is 1. The first-order valence-corrected chi connectivity index (χ1v) is 8.64. The lowest BCUT2D eigenvalue weighted by Crippen LogP contribution is -2.56. The summed E-state index contributed by atoms with van der Waals surface area (Å²) in [6.07, 6.45) is 1.96. The third kappa shape index (κ3) is 3.56. The molecule has 5 nitrogen and oxygen atoms in total. The van der Waals surface area contributed by atoms with E-state index in [9.17, 15) is 18.3 Å². The van der Waals surface area contributed by atoms with Gasteiger partial charge in [-0.3, -0.25) is 4.79 Å². The molecule has 1 aliphatic carbocycles. The van der Waals surface area contributed by atoms with Crippen molar-refractivity contribution in [1.29, 1.82) is 0 Å². The Labute approximate surface area is 129 Å². The quantitative estimate of drug-likeness (QED) is 0.888. The zero-order valence-corrected chi connectivity index (χ0v) is 13.2. The molecule has 116 valence electrons. The average molecular weight is 332 g/mol. The first kappa shape index (κ1) is 16.3. The van der Waals surface area contributed by atoms with Crippen molar-refractivity contribution in [2.75, 3.05) is 0 Å². The molecule has 1 aliphatic rings. The number of hydrogen-bond donors (Lipinski definition) is 2. The lowest BCUT2D eigenvalue weighted by molar-refractivity contribution is -0.145.